The molecule has 4 aromatic rings. The zero-order chi connectivity index (χ0) is 27.8. The van der Waals surface area contributed by atoms with Crippen LogP contribution in [-0.2, 0) is 16.1 Å². The number of para-hydroxylation sites is 1. The van der Waals surface area contributed by atoms with Gasteiger partial charge < -0.3 is 24.3 Å². The third-order valence-corrected chi connectivity index (χ3v) is 5.82. The van der Waals surface area contributed by atoms with E-state index < -0.39 is 12.1 Å². The third kappa shape index (κ3) is 6.73. The molecule has 39 heavy (non-hydrogen) atoms. The van der Waals surface area contributed by atoms with Crippen molar-refractivity contribution < 1.29 is 28.5 Å². The molecular weight excluding hydrogens is 542 g/mol. The number of carbonyl (C=O) groups is 2. The number of carbonyl (C=O) groups excluding carboxylic acids is 2. The van der Waals surface area contributed by atoms with Gasteiger partial charge in [-0.15, -0.1) is 0 Å². The summed E-state index contributed by atoms with van der Waals surface area (Å²) in [7, 11) is 1.24. The number of pyridine rings is 1. The zero-order valence-corrected chi connectivity index (χ0v) is 22.6. The molecule has 11 heteroatoms. The number of esters is 1. The minimum Gasteiger partial charge on any atom is -0.486 e. The Labute approximate surface area is 235 Å². The van der Waals surface area contributed by atoms with Crippen molar-refractivity contribution in [3.8, 4) is 17.2 Å². The van der Waals surface area contributed by atoms with E-state index in [4.69, 9.17) is 42.8 Å². The Hall–Kier alpha value is -4.41. The van der Waals surface area contributed by atoms with Crippen LogP contribution >= 0.6 is 23.8 Å². The van der Waals surface area contributed by atoms with Gasteiger partial charge in [-0.2, -0.15) is 0 Å². The van der Waals surface area contributed by atoms with Crippen LogP contribution < -0.4 is 20.1 Å². The molecule has 1 heterocycles. The number of nitrogens with zero attached hydrogens (tertiary/aromatic N) is 1. The number of amides is 1. The number of benzene rings is 3. The molecule has 9 nitrogen and oxygen atoms in total. The molecule has 0 radical (unpaired) electrons. The van der Waals surface area contributed by atoms with Gasteiger partial charge in [-0.25, -0.2) is 14.6 Å². The van der Waals surface area contributed by atoms with Gasteiger partial charge in [0.25, 0.3) is 0 Å². The van der Waals surface area contributed by atoms with E-state index in [1.54, 1.807) is 31.2 Å². The van der Waals surface area contributed by atoms with Gasteiger partial charge in [0.05, 0.1) is 24.1 Å². The largest absolute Gasteiger partial charge is 0.486 e. The van der Waals surface area contributed by atoms with E-state index in [-0.39, 0.29) is 46.4 Å². The van der Waals surface area contributed by atoms with Crippen LogP contribution in [0, 0.1) is 0 Å². The Bertz CT molecular complexity index is 1500. The molecule has 0 aliphatic heterocycles. The second kappa shape index (κ2) is 12.9. The van der Waals surface area contributed by atoms with E-state index in [1.807, 2.05) is 48.5 Å². The first-order valence-electron chi connectivity index (χ1n) is 11.8. The Morgan fingerprint density at radius 1 is 0.974 bits per heavy atom. The molecule has 0 atom stereocenters. The molecule has 0 unspecified atom stereocenters. The molecule has 2 N–H and O–H groups in total. The summed E-state index contributed by atoms with van der Waals surface area (Å²) in [5.74, 6) is 0.231. The molecule has 0 saturated heterocycles. The molecule has 200 valence electrons. The summed E-state index contributed by atoms with van der Waals surface area (Å²) in [5, 5.41) is 6.19. The van der Waals surface area contributed by atoms with E-state index in [2.05, 4.69) is 15.6 Å². The van der Waals surface area contributed by atoms with E-state index >= 15 is 0 Å². The first-order valence-corrected chi connectivity index (χ1v) is 12.6. The van der Waals surface area contributed by atoms with Crippen LogP contribution in [0.2, 0.25) is 5.02 Å². The number of anilines is 1. The summed E-state index contributed by atoms with van der Waals surface area (Å²) in [6.07, 6.45) is -0.755. The van der Waals surface area contributed by atoms with Crippen LogP contribution in [0.25, 0.3) is 10.8 Å². The number of rotatable bonds is 8. The van der Waals surface area contributed by atoms with Crippen LogP contribution in [0.1, 0.15) is 23.0 Å². The molecule has 4 rings (SSSR count). The summed E-state index contributed by atoms with van der Waals surface area (Å²) in [6, 6.07) is 21.7. The van der Waals surface area contributed by atoms with Crippen molar-refractivity contribution in [1.82, 2.24) is 10.3 Å². The SMILES string of the molecule is CCOC(=O)NC(=S)Nc1nc(C(=O)OC)c(OCc2ccccc2)c2ccc(Cl)c(Oc3ccccc3)c12. The van der Waals surface area contributed by atoms with Crippen LogP contribution in [0.4, 0.5) is 10.6 Å². The predicted octanol–water partition coefficient (Wildman–Crippen LogP) is 6.49. The minimum absolute atomic E-state index is 0.0766. The van der Waals surface area contributed by atoms with E-state index in [0.717, 1.165) is 5.56 Å². The third-order valence-electron chi connectivity index (χ3n) is 5.32. The Morgan fingerprint density at radius 3 is 2.33 bits per heavy atom. The number of nitrogens with one attached hydrogen (secondary N) is 2. The minimum atomic E-state index is -0.755. The lowest BCUT2D eigenvalue weighted by Crippen LogP contribution is -2.35. The number of hydrogen-bond donors (Lipinski definition) is 2. The number of methoxy groups -OCH3 is 1. The molecule has 3 aromatic carbocycles. The molecule has 0 aliphatic rings. The van der Waals surface area contributed by atoms with Gasteiger partial charge in [-0.05, 0) is 49.0 Å². The summed E-state index contributed by atoms with van der Waals surface area (Å²) in [4.78, 5) is 29.3. The molecule has 0 fully saturated rings. The Morgan fingerprint density at radius 2 is 1.67 bits per heavy atom. The second-order valence-corrected chi connectivity index (χ2v) is 8.73. The quantitative estimate of drug-likeness (QED) is 0.183. The van der Waals surface area contributed by atoms with Gasteiger partial charge >= 0.3 is 12.1 Å². The molecule has 0 saturated carbocycles. The highest BCUT2D eigenvalue weighted by molar-refractivity contribution is 7.80. The van der Waals surface area contributed by atoms with Crippen LogP contribution in [0.5, 0.6) is 17.2 Å². The lowest BCUT2D eigenvalue weighted by atomic mass is 10.1. The lowest BCUT2D eigenvalue weighted by molar-refractivity contribution is 0.0589. The van der Waals surface area contributed by atoms with Gasteiger partial charge in [-0.3, -0.25) is 5.32 Å². The fourth-order valence-corrected chi connectivity index (χ4v) is 4.01. The van der Waals surface area contributed by atoms with Crippen molar-refractivity contribution in [3.05, 3.63) is 89.1 Å². The van der Waals surface area contributed by atoms with Gasteiger partial charge in [0.15, 0.2) is 22.3 Å². The number of fused-ring (bicyclic) bond motifs is 1. The highest BCUT2D eigenvalue weighted by Crippen LogP contribution is 2.44. The zero-order valence-electron chi connectivity index (χ0n) is 21.0. The van der Waals surface area contributed by atoms with E-state index in [9.17, 15) is 9.59 Å². The highest BCUT2D eigenvalue weighted by Gasteiger charge is 2.26. The average molecular weight is 566 g/mol. The summed E-state index contributed by atoms with van der Waals surface area (Å²) >= 11 is 11.9. The van der Waals surface area contributed by atoms with Crippen LogP contribution in [0.15, 0.2) is 72.8 Å². The summed E-state index contributed by atoms with van der Waals surface area (Å²) in [5.41, 5.74) is 0.758. The van der Waals surface area contributed by atoms with Crippen LogP contribution in [-0.4, -0.2) is 35.9 Å². The number of alkyl carbamates (subject to hydrolysis) is 1. The van der Waals surface area contributed by atoms with Crippen molar-refractivity contribution in [2.45, 2.75) is 13.5 Å². The lowest BCUT2D eigenvalue weighted by Gasteiger charge is -2.19. The maximum Gasteiger partial charge on any atom is 0.413 e. The van der Waals surface area contributed by atoms with E-state index in [1.165, 1.54) is 7.11 Å². The standard InChI is InChI=1S/C28H24ClN3O6S/c1-3-36-28(34)32-27(39)31-25-21-19(14-15-20(29)24(21)38-18-12-8-5-9-13-18)23(22(30-25)26(33)35-2)37-16-17-10-6-4-7-11-17/h4-15H,3,16H2,1-2H3,(H2,30,31,32,34,39). The monoisotopic (exact) mass is 565 g/mol. The van der Waals surface area contributed by atoms with Gasteiger partial charge in [0.2, 0.25) is 0 Å². The number of thiocarbonyl (C=S) groups is 1. The maximum absolute atomic E-state index is 12.9. The number of aromatic nitrogens is 1. The van der Waals surface area contributed by atoms with Crippen molar-refractivity contribution in [2.24, 2.45) is 0 Å². The van der Waals surface area contributed by atoms with Crippen LogP contribution in [0.3, 0.4) is 0 Å². The second-order valence-electron chi connectivity index (χ2n) is 7.92. The fraction of sp³-hybridized carbons (Fsp3) is 0.143. The fourth-order valence-electron chi connectivity index (χ4n) is 3.63. The molecule has 0 aliphatic carbocycles. The van der Waals surface area contributed by atoms with Crippen molar-refractivity contribution in [3.63, 3.8) is 0 Å². The maximum atomic E-state index is 12.9. The topological polar surface area (TPSA) is 108 Å². The highest BCUT2D eigenvalue weighted by atomic mass is 35.5. The summed E-state index contributed by atoms with van der Waals surface area (Å²) < 4.78 is 22.2. The molecule has 1 amide bonds. The smallest absolute Gasteiger partial charge is 0.413 e. The Kier molecular flexibility index (Phi) is 9.14. The molecule has 0 spiro atoms. The first-order chi connectivity index (χ1) is 18.9. The van der Waals surface area contributed by atoms with E-state index in [0.29, 0.717) is 16.5 Å². The van der Waals surface area contributed by atoms with Crippen molar-refractivity contribution >= 4 is 57.6 Å². The normalized spacial score (nSPS) is 10.4. The average Bonchev–Trinajstić information content (AvgIpc) is 2.94. The van der Waals surface area contributed by atoms with Gasteiger partial charge in [0, 0.05) is 5.39 Å². The van der Waals surface area contributed by atoms with Crippen molar-refractivity contribution in [1.29, 1.82) is 0 Å². The molecular formula is C28H24ClN3O6S. The van der Waals surface area contributed by atoms with Gasteiger partial charge in [0.1, 0.15) is 18.2 Å². The number of hydrogen-bond acceptors (Lipinski definition) is 8. The summed E-state index contributed by atoms with van der Waals surface area (Å²) in [6.45, 7) is 1.96. The molecule has 1 aromatic heterocycles. The number of halogens is 1. The number of ether oxygens (including phenoxy) is 4. The Balaban J connectivity index is 1.89. The molecule has 0 bridgehead atoms. The first kappa shape index (κ1) is 27.6. The van der Waals surface area contributed by atoms with Gasteiger partial charge in [-0.1, -0.05) is 60.1 Å². The van der Waals surface area contributed by atoms with Crippen molar-refractivity contribution in [2.75, 3.05) is 19.0 Å². The predicted molar refractivity (Wildman–Crippen MR) is 152 cm³/mol.